The molecule has 3 rings (SSSR count). The van der Waals surface area contributed by atoms with Gasteiger partial charge in [0.05, 0.1) is 11.3 Å². The van der Waals surface area contributed by atoms with Crippen molar-refractivity contribution in [1.29, 1.82) is 0 Å². The van der Waals surface area contributed by atoms with E-state index in [1.807, 2.05) is 85.3 Å². The van der Waals surface area contributed by atoms with Gasteiger partial charge in [-0.25, -0.2) is 0 Å². The number of allylic oxidation sites excluding steroid dienone is 5. The van der Waals surface area contributed by atoms with Crippen molar-refractivity contribution in [2.75, 3.05) is 0 Å². The molecule has 0 radical (unpaired) electrons. The van der Waals surface area contributed by atoms with Crippen molar-refractivity contribution in [3.8, 4) is 11.5 Å². The van der Waals surface area contributed by atoms with E-state index in [9.17, 15) is 0 Å². The Morgan fingerprint density at radius 3 is 2.30 bits per heavy atom. The molecule has 0 saturated heterocycles. The number of para-hydroxylation sites is 2. The Labute approximate surface area is 119 Å². The van der Waals surface area contributed by atoms with E-state index in [1.165, 1.54) is 0 Å². The molecule has 0 bridgehead atoms. The molecule has 0 heterocycles. The lowest BCUT2D eigenvalue weighted by Crippen LogP contribution is -1.89. The first-order valence-corrected chi connectivity index (χ1v) is 6.56. The number of hydrogen-bond acceptors (Lipinski definition) is 1. The zero-order valence-electron chi connectivity index (χ0n) is 11.0. The van der Waals surface area contributed by atoms with Crippen LogP contribution in [0.25, 0.3) is 0 Å². The van der Waals surface area contributed by atoms with Crippen molar-refractivity contribution in [3.63, 3.8) is 0 Å². The molecule has 2 aromatic rings. The summed E-state index contributed by atoms with van der Waals surface area (Å²) in [6.07, 6.45) is 13.4. The van der Waals surface area contributed by atoms with Crippen LogP contribution < -0.4 is 4.74 Å². The number of rotatable bonds is 3. The third-order valence-corrected chi connectivity index (χ3v) is 2.91. The van der Waals surface area contributed by atoms with Gasteiger partial charge >= 0.3 is 0 Å². The van der Waals surface area contributed by atoms with Crippen LogP contribution in [0.2, 0.25) is 0 Å². The largest absolute Gasteiger partial charge is 0.492 e. The molecule has 0 unspecified atom stereocenters. The van der Waals surface area contributed by atoms with Crippen LogP contribution >= 0.6 is 0 Å². The van der Waals surface area contributed by atoms with Crippen molar-refractivity contribution in [3.05, 3.63) is 103 Å². The fourth-order valence-corrected chi connectivity index (χ4v) is 1.95. The molecule has 0 saturated carbocycles. The standard InChI is InChI=1S/C19H14O/c1-3-9-16(10-4-1)15-17-11-7-8-14-19(17)20-18-12-5-2-6-13-18/h1-14H. The summed E-state index contributed by atoms with van der Waals surface area (Å²) in [7, 11) is 0. The smallest absolute Gasteiger partial charge is 0.116 e. The van der Waals surface area contributed by atoms with E-state index in [-0.39, 0.29) is 0 Å². The zero-order valence-corrected chi connectivity index (χ0v) is 11.0. The molecule has 20 heavy (non-hydrogen) atoms. The van der Waals surface area contributed by atoms with Gasteiger partial charge in [0.15, 0.2) is 0 Å². The molecule has 0 aromatic heterocycles. The third-order valence-electron chi connectivity index (χ3n) is 2.91. The number of ether oxygens (including phenoxy) is 1. The number of benzene rings is 2. The lowest BCUT2D eigenvalue weighted by Gasteiger charge is -2.13. The summed E-state index contributed by atoms with van der Waals surface area (Å²) in [5, 5.41) is 0. The Bertz CT molecular complexity index is 649. The van der Waals surface area contributed by atoms with Gasteiger partial charge in [0.2, 0.25) is 0 Å². The van der Waals surface area contributed by atoms with Gasteiger partial charge in [0, 0.05) is 30.7 Å². The van der Waals surface area contributed by atoms with E-state index in [0.717, 1.165) is 22.6 Å². The molecule has 0 N–H and O–H groups in total. The summed E-state index contributed by atoms with van der Waals surface area (Å²) >= 11 is 0. The predicted octanol–water partition coefficient (Wildman–Crippen LogP) is 4.89. The van der Waals surface area contributed by atoms with E-state index in [1.54, 1.807) is 0 Å². The first-order valence-electron chi connectivity index (χ1n) is 6.56. The minimum atomic E-state index is 0.808. The molecule has 96 valence electrons. The summed E-state index contributed by atoms with van der Waals surface area (Å²) in [5.74, 6) is 1.64. The SMILES string of the molecule is [C-](=C1C=C[CH+]C=C1)c1ccccc1Oc1ccccc1. The quantitative estimate of drug-likeness (QED) is 0.712. The van der Waals surface area contributed by atoms with Crippen LogP contribution in [0, 0.1) is 12.5 Å². The minimum absolute atomic E-state index is 0.808. The van der Waals surface area contributed by atoms with E-state index >= 15 is 0 Å². The first-order chi connectivity index (χ1) is 9.92. The minimum Gasteiger partial charge on any atom is -0.492 e. The van der Waals surface area contributed by atoms with Crippen LogP contribution in [-0.4, -0.2) is 0 Å². The third kappa shape index (κ3) is 3.01. The molecule has 0 amide bonds. The van der Waals surface area contributed by atoms with E-state index < -0.39 is 0 Å². The van der Waals surface area contributed by atoms with E-state index in [2.05, 4.69) is 6.08 Å². The Morgan fingerprint density at radius 1 is 0.800 bits per heavy atom. The fraction of sp³-hybridized carbons (Fsp3) is 0. The highest BCUT2D eigenvalue weighted by Crippen LogP contribution is 2.26. The topological polar surface area (TPSA) is 9.23 Å². The van der Waals surface area contributed by atoms with Crippen LogP contribution in [-0.2, 0) is 0 Å². The molecule has 0 fully saturated rings. The second kappa shape index (κ2) is 5.98. The van der Waals surface area contributed by atoms with Gasteiger partial charge in [-0.05, 0) is 12.1 Å². The van der Waals surface area contributed by atoms with Gasteiger partial charge in [-0.3, -0.25) is 0 Å². The highest BCUT2D eigenvalue weighted by Gasteiger charge is 2.01. The lowest BCUT2D eigenvalue weighted by atomic mass is 10.1. The zero-order chi connectivity index (χ0) is 13.6. The van der Waals surface area contributed by atoms with Gasteiger partial charge in [0.25, 0.3) is 0 Å². The molecule has 0 spiro atoms. The molecule has 0 aliphatic heterocycles. The van der Waals surface area contributed by atoms with E-state index in [0.29, 0.717) is 0 Å². The summed E-state index contributed by atoms with van der Waals surface area (Å²) in [6.45, 7) is 0. The summed E-state index contributed by atoms with van der Waals surface area (Å²) in [6, 6.07) is 17.7. The van der Waals surface area contributed by atoms with E-state index in [4.69, 9.17) is 4.74 Å². The monoisotopic (exact) mass is 258 g/mol. The predicted molar refractivity (Wildman–Crippen MR) is 81.4 cm³/mol. The van der Waals surface area contributed by atoms with Gasteiger partial charge in [-0.15, -0.1) is 6.07 Å². The van der Waals surface area contributed by atoms with Crippen LogP contribution in [0.1, 0.15) is 5.56 Å². The molecule has 2 aromatic carbocycles. The maximum Gasteiger partial charge on any atom is 0.116 e. The first kappa shape index (κ1) is 12.4. The maximum absolute atomic E-state index is 5.92. The normalized spacial score (nSPS) is 12.9. The molecular weight excluding hydrogens is 244 g/mol. The molecule has 1 aliphatic rings. The molecule has 0 atom stereocenters. The maximum atomic E-state index is 5.92. The summed E-state index contributed by atoms with van der Waals surface area (Å²) < 4.78 is 5.92. The summed E-state index contributed by atoms with van der Waals surface area (Å²) in [5.41, 5.74) is 1.99. The molecular formula is C19H14O. The second-order valence-electron chi connectivity index (χ2n) is 4.40. The Morgan fingerprint density at radius 2 is 1.50 bits per heavy atom. The Kier molecular flexibility index (Phi) is 3.70. The van der Waals surface area contributed by atoms with Crippen LogP contribution in [0.3, 0.4) is 0 Å². The molecule has 1 nitrogen and oxygen atoms in total. The average Bonchev–Trinajstić information content (AvgIpc) is 2.51. The van der Waals surface area contributed by atoms with Crippen molar-refractivity contribution in [2.24, 2.45) is 0 Å². The highest BCUT2D eigenvalue weighted by molar-refractivity contribution is 5.47. The van der Waals surface area contributed by atoms with Gasteiger partial charge in [-0.2, -0.15) is 0 Å². The molecule has 1 aliphatic carbocycles. The lowest BCUT2D eigenvalue weighted by molar-refractivity contribution is 0.480. The van der Waals surface area contributed by atoms with Crippen molar-refractivity contribution < 1.29 is 4.74 Å². The van der Waals surface area contributed by atoms with Crippen LogP contribution in [0.4, 0.5) is 0 Å². The van der Waals surface area contributed by atoms with Crippen LogP contribution in [0.5, 0.6) is 11.5 Å². The van der Waals surface area contributed by atoms with Crippen molar-refractivity contribution >= 4 is 0 Å². The van der Waals surface area contributed by atoms with Gasteiger partial charge < -0.3 is 4.74 Å². The Balaban J connectivity index is 1.90. The molecule has 1 heteroatoms. The van der Waals surface area contributed by atoms with Gasteiger partial charge in [-0.1, -0.05) is 48.0 Å². The Hall–Kier alpha value is -2.67. The van der Waals surface area contributed by atoms with Crippen LogP contribution in [0.15, 0.2) is 84.5 Å². The van der Waals surface area contributed by atoms with Gasteiger partial charge in [0.1, 0.15) is 5.75 Å². The summed E-state index contributed by atoms with van der Waals surface area (Å²) in [4.78, 5) is 0. The highest BCUT2D eigenvalue weighted by atomic mass is 16.5. The number of hydrogen-bond donors (Lipinski definition) is 0. The fourth-order valence-electron chi connectivity index (χ4n) is 1.95. The van der Waals surface area contributed by atoms with Crippen molar-refractivity contribution in [2.45, 2.75) is 0 Å². The van der Waals surface area contributed by atoms with Crippen molar-refractivity contribution in [1.82, 2.24) is 0 Å². The second-order valence-corrected chi connectivity index (χ2v) is 4.40. The average molecular weight is 258 g/mol.